The van der Waals surface area contributed by atoms with Crippen LogP contribution < -0.4 is 10.4 Å². The van der Waals surface area contributed by atoms with Crippen LogP contribution in [0.2, 0.25) is 5.04 Å². The molecule has 0 amide bonds. The van der Waals surface area contributed by atoms with Crippen LogP contribution in [0.4, 0.5) is 0 Å². The van der Waals surface area contributed by atoms with Crippen LogP contribution in [0.25, 0.3) is 0 Å². The van der Waals surface area contributed by atoms with Gasteiger partial charge in [0.05, 0.1) is 12.2 Å². The molecule has 0 aliphatic carbocycles. The maximum atomic E-state index is 12.5. The Bertz CT molecular complexity index is 922. The van der Waals surface area contributed by atoms with Crippen LogP contribution in [-0.2, 0) is 14.0 Å². The molecule has 2 aromatic rings. The summed E-state index contributed by atoms with van der Waals surface area (Å²) < 4.78 is 13.6. The fraction of sp³-hybridized carbons (Fsp3) is 0.531. The van der Waals surface area contributed by atoms with Gasteiger partial charge in [0.1, 0.15) is 0 Å². The van der Waals surface area contributed by atoms with Crippen LogP contribution in [0.5, 0.6) is 0 Å². The number of carbonyl (C=O) groups is 1. The summed E-state index contributed by atoms with van der Waals surface area (Å²) >= 11 is 0. The SMILES string of the molecule is CC(C)C/C=C/C(=O)C[C@@H]1CC[C@H](C)[C@@H](CCO[Si](c2ccccc2)(c2ccccc2)C(C)(C)C)O1. The molecule has 3 atom stereocenters. The number of hydrogen-bond acceptors (Lipinski definition) is 3. The maximum Gasteiger partial charge on any atom is 0.261 e. The van der Waals surface area contributed by atoms with Gasteiger partial charge in [0.15, 0.2) is 5.78 Å². The van der Waals surface area contributed by atoms with E-state index in [1.165, 1.54) is 10.4 Å². The molecule has 196 valence electrons. The molecule has 3 nitrogen and oxygen atoms in total. The van der Waals surface area contributed by atoms with Gasteiger partial charge in [-0.25, -0.2) is 0 Å². The van der Waals surface area contributed by atoms with Gasteiger partial charge in [0, 0.05) is 13.0 Å². The van der Waals surface area contributed by atoms with E-state index >= 15 is 0 Å². The van der Waals surface area contributed by atoms with Crippen molar-refractivity contribution in [2.75, 3.05) is 6.61 Å². The van der Waals surface area contributed by atoms with Gasteiger partial charge in [-0.2, -0.15) is 0 Å². The summed E-state index contributed by atoms with van der Waals surface area (Å²) in [6.07, 6.45) is 8.21. The van der Waals surface area contributed by atoms with Crippen LogP contribution in [-0.4, -0.2) is 32.9 Å². The van der Waals surface area contributed by atoms with E-state index in [9.17, 15) is 4.79 Å². The van der Waals surface area contributed by atoms with E-state index in [1.54, 1.807) is 6.08 Å². The summed E-state index contributed by atoms with van der Waals surface area (Å²) in [5.74, 6) is 1.22. The minimum atomic E-state index is -2.54. The van der Waals surface area contributed by atoms with Gasteiger partial charge in [0.25, 0.3) is 8.32 Å². The third-order valence-corrected chi connectivity index (χ3v) is 12.5. The molecule has 4 heteroatoms. The van der Waals surface area contributed by atoms with Crippen molar-refractivity contribution in [3.63, 3.8) is 0 Å². The highest BCUT2D eigenvalue weighted by Gasteiger charge is 2.50. The average Bonchev–Trinajstić information content (AvgIpc) is 2.84. The first-order valence-electron chi connectivity index (χ1n) is 13.7. The lowest BCUT2D eigenvalue weighted by Crippen LogP contribution is -2.66. The minimum Gasteiger partial charge on any atom is -0.407 e. The van der Waals surface area contributed by atoms with Crippen LogP contribution in [0.15, 0.2) is 72.8 Å². The molecule has 1 heterocycles. The zero-order valence-corrected chi connectivity index (χ0v) is 24.2. The molecular formula is C32H46O3Si. The van der Waals surface area contributed by atoms with Gasteiger partial charge >= 0.3 is 0 Å². The summed E-state index contributed by atoms with van der Waals surface area (Å²) in [6, 6.07) is 21.6. The molecule has 1 aliphatic rings. The summed E-state index contributed by atoms with van der Waals surface area (Å²) in [5.41, 5.74) is 0. The van der Waals surface area contributed by atoms with Crippen molar-refractivity contribution in [2.45, 2.75) is 90.9 Å². The van der Waals surface area contributed by atoms with Crippen molar-refractivity contribution >= 4 is 24.5 Å². The topological polar surface area (TPSA) is 35.5 Å². The fourth-order valence-electron chi connectivity index (χ4n) is 5.44. The Hall–Kier alpha value is -2.01. The van der Waals surface area contributed by atoms with Gasteiger partial charge < -0.3 is 9.16 Å². The molecule has 3 rings (SSSR count). The van der Waals surface area contributed by atoms with Gasteiger partial charge in [-0.15, -0.1) is 0 Å². The molecule has 1 fully saturated rings. The second-order valence-corrected chi connectivity index (χ2v) is 16.2. The second-order valence-electron chi connectivity index (χ2n) is 11.9. The molecule has 0 aromatic heterocycles. The predicted octanol–water partition coefficient (Wildman–Crippen LogP) is 6.70. The Labute approximate surface area is 220 Å². The van der Waals surface area contributed by atoms with E-state index in [0.717, 1.165) is 25.7 Å². The number of rotatable bonds is 11. The number of ketones is 1. The molecule has 0 N–H and O–H groups in total. The molecule has 0 radical (unpaired) electrons. The Morgan fingerprint density at radius 1 is 1.03 bits per heavy atom. The first-order valence-corrected chi connectivity index (χ1v) is 15.6. The fourth-order valence-corrected chi connectivity index (χ4v) is 10.0. The van der Waals surface area contributed by atoms with E-state index < -0.39 is 8.32 Å². The van der Waals surface area contributed by atoms with Crippen molar-refractivity contribution in [2.24, 2.45) is 11.8 Å². The number of carbonyl (C=O) groups excluding carboxylic acids is 1. The molecule has 1 saturated heterocycles. The van der Waals surface area contributed by atoms with Gasteiger partial charge in [-0.3, -0.25) is 4.79 Å². The molecule has 0 bridgehead atoms. The number of ether oxygens (including phenoxy) is 1. The van der Waals surface area contributed by atoms with Crippen LogP contribution in [0.1, 0.15) is 73.6 Å². The van der Waals surface area contributed by atoms with E-state index in [0.29, 0.717) is 24.9 Å². The Kier molecular flexibility index (Phi) is 10.3. The standard InChI is InChI=1S/C32H46O3Si/c1-25(2)14-13-15-27(33)24-28-21-20-26(3)31(35-28)22-23-34-36(32(4,5)6,29-16-9-7-10-17-29)30-18-11-8-12-19-30/h7-13,15-19,25-26,28,31H,14,20-24H2,1-6H3/b15-13+/t26-,28-,31+/m0/s1. The van der Waals surface area contributed by atoms with Crippen LogP contribution >= 0.6 is 0 Å². The van der Waals surface area contributed by atoms with E-state index in [-0.39, 0.29) is 23.0 Å². The van der Waals surface area contributed by atoms with Crippen molar-refractivity contribution in [1.82, 2.24) is 0 Å². The monoisotopic (exact) mass is 506 g/mol. The lowest BCUT2D eigenvalue weighted by Gasteiger charge is -2.43. The molecule has 0 unspecified atom stereocenters. The van der Waals surface area contributed by atoms with Gasteiger partial charge in [-0.1, -0.05) is 108 Å². The highest BCUT2D eigenvalue weighted by molar-refractivity contribution is 6.99. The average molecular weight is 507 g/mol. The summed E-state index contributed by atoms with van der Waals surface area (Å²) in [5, 5.41) is 2.57. The van der Waals surface area contributed by atoms with E-state index in [1.807, 2.05) is 6.08 Å². The third-order valence-electron chi connectivity index (χ3n) is 7.42. The molecule has 1 aliphatic heterocycles. The van der Waals surface area contributed by atoms with Crippen molar-refractivity contribution in [3.8, 4) is 0 Å². The van der Waals surface area contributed by atoms with E-state index in [2.05, 4.69) is 102 Å². The quantitative estimate of drug-likeness (QED) is 0.251. The largest absolute Gasteiger partial charge is 0.407 e. The highest BCUT2D eigenvalue weighted by Crippen LogP contribution is 2.37. The number of hydrogen-bond donors (Lipinski definition) is 0. The predicted molar refractivity (Wildman–Crippen MR) is 153 cm³/mol. The van der Waals surface area contributed by atoms with Crippen molar-refractivity contribution in [1.29, 1.82) is 0 Å². The van der Waals surface area contributed by atoms with Gasteiger partial charge in [-0.05, 0) is 59.0 Å². The summed E-state index contributed by atoms with van der Waals surface area (Å²) in [6.45, 7) is 14.2. The summed E-state index contributed by atoms with van der Waals surface area (Å²) in [7, 11) is -2.54. The number of benzene rings is 2. The zero-order chi connectivity index (χ0) is 26.2. The smallest absolute Gasteiger partial charge is 0.261 e. The molecule has 36 heavy (non-hydrogen) atoms. The number of allylic oxidation sites excluding steroid dienone is 2. The summed E-state index contributed by atoms with van der Waals surface area (Å²) in [4.78, 5) is 12.5. The lowest BCUT2D eigenvalue weighted by molar-refractivity contribution is -0.124. The van der Waals surface area contributed by atoms with E-state index in [4.69, 9.17) is 9.16 Å². The van der Waals surface area contributed by atoms with Crippen LogP contribution in [0.3, 0.4) is 0 Å². The van der Waals surface area contributed by atoms with Crippen molar-refractivity contribution in [3.05, 3.63) is 72.8 Å². The minimum absolute atomic E-state index is 0.00950. The van der Waals surface area contributed by atoms with Crippen molar-refractivity contribution < 1.29 is 14.0 Å². The third kappa shape index (κ3) is 7.27. The van der Waals surface area contributed by atoms with Crippen LogP contribution in [0, 0.1) is 11.8 Å². The lowest BCUT2D eigenvalue weighted by atomic mass is 9.90. The first kappa shape index (κ1) is 28.6. The first-order chi connectivity index (χ1) is 17.1. The molecule has 2 aromatic carbocycles. The normalized spacial score (nSPS) is 21.2. The Morgan fingerprint density at radius 3 is 2.14 bits per heavy atom. The zero-order valence-electron chi connectivity index (χ0n) is 23.2. The Morgan fingerprint density at radius 2 is 1.61 bits per heavy atom. The molecular weight excluding hydrogens is 460 g/mol. The highest BCUT2D eigenvalue weighted by atomic mass is 28.4. The Balaban J connectivity index is 1.72. The molecule has 0 saturated carbocycles. The molecule has 0 spiro atoms. The maximum absolute atomic E-state index is 12.5. The second kappa shape index (κ2) is 13.0. The van der Waals surface area contributed by atoms with Gasteiger partial charge in [0.2, 0.25) is 0 Å².